The van der Waals surface area contributed by atoms with E-state index in [0.717, 1.165) is 23.5 Å². The quantitative estimate of drug-likeness (QED) is 0.732. The lowest BCUT2D eigenvalue weighted by atomic mass is 9.50. The Morgan fingerprint density at radius 3 is 2.21 bits per heavy atom. The molecular weight excluding hydrogens is 252 g/mol. The van der Waals surface area contributed by atoms with E-state index < -0.39 is 0 Å². The summed E-state index contributed by atoms with van der Waals surface area (Å²) in [6.45, 7) is 0. The van der Waals surface area contributed by atoms with Gasteiger partial charge in [-0.2, -0.15) is 0 Å². The molecule has 1 heterocycles. The van der Waals surface area contributed by atoms with Crippen molar-refractivity contribution in [2.45, 2.75) is 48.9 Å². The zero-order valence-electron chi connectivity index (χ0n) is 11.2. The molecule has 2 heteroatoms. The molecule has 4 saturated carbocycles. The van der Waals surface area contributed by atoms with Gasteiger partial charge in [0.2, 0.25) is 0 Å². The monoisotopic (exact) mass is 272 g/mol. The Balaban J connectivity index is 1.48. The standard InChI is InChI=1S/C17H20OS/c1-2-4-15-14(3-1)18-16(19-15)17-8-11-5-12(9-17)7-13(6-11)10-17/h1-4,11-13,16H,5-10H2. The van der Waals surface area contributed by atoms with Crippen LogP contribution in [0.2, 0.25) is 0 Å². The molecule has 0 saturated heterocycles. The first-order chi connectivity index (χ1) is 9.31. The second-order valence-corrected chi connectivity index (χ2v) is 8.40. The van der Waals surface area contributed by atoms with Crippen LogP contribution in [0.15, 0.2) is 29.2 Å². The van der Waals surface area contributed by atoms with E-state index in [1.54, 1.807) is 0 Å². The molecule has 1 aromatic carbocycles. The smallest absolute Gasteiger partial charge is 0.154 e. The normalized spacial score (nSPS) is 46.1. The summed E-state index contributed by atoms with van der Waals surface area (Å²) in [6, 6.07) is 8.60. The molecule has 0 radical (unpaired) electrons. The maximum absolute atomic E-state index is 6.35. The Morgan fingerprint density at radius 1 is 0.947 bits per heavy atom. The zero-order chi connectivity index (χ0) is 12.4. The third-order valence-electron chi connectivity index (χ3n) is 5.90. The van der Waals surface area contributed by atoms with Crippen molar-refractivity contribution in [2.75, 3.05) is 0 Å². The highest BCUT2D eigenvalue weighted by Gasteiger charge is 2.56. The minimum Gasteiger partial charge on any atom is -0.478 e. The van der Waals surface area contributed by atoms with Crippen LogP contribution in [0.3, 0.4) is 0 Å². The van der Waals surface area contributed by atoms with Crippen molar-refractivity contribution in [3.63, 3.8) is 0 Å². The van der Waals surface area contributed by atoms with Crippen molar-refractivity contribution in [1.29, 1.82) is 0 Å². The third-order valence-corrected chi connectivity index (χ3v) is 7.30. The fraction of sp³-hybridized carbons (Fsp3) is 0.647. The first kappa shape index (κ1) is 11.1. The van der Waals surface area contributed by atoms with Crippen molar-refractivity contribution in [3.8, 4) is 5.75 Å². The third kappa shape index (κ3) is 1.55. The molecule has 0 amide bonds. The Labute approximate surface area is 119 Å². The van der Waals surface area contributed by atoms with E-state index in [-0.39, 0.29) is 0 Å². The van der Waals surface area contributed by atoms with Crippen LogP contribution in [-0.4, -0.2) is 5.44 Å². The lowest BCUT2D eigenvalue weighted by Crippen LogP contribution is -2.51. The number of hydrogen-bond donors (Lipinski definition) is 0. The molecule has 1 aliphatic heterocycles. The Bertz CT molecular complexity index is 463. The minimum absolute atomic E-state index is 0.401. The summed E-state index contributed by atoms with van der Waals surface area (Å²) in [6.07, 6.45) is 8.86. The molecule has 0 spiro atoms. The number of benzene rings is 1. The van der Waals surface area contributed by atoms with Crippen LogP contribution in [0, 0.1) is 23.2 Å². The molecule has 19 heavy (non-hydrogen) atoms. The topological polar surface area (TPSA) is 9.23 Å². The lowest BCUT2D eigenvalue weighted by molar-refractivity contribution is -0.0835. The summed E-state index contributed by atoms with van der Waals surface area (Å²) in [5.41, 5.74) is 0.900. The molecule has 6 rings (SSSR count). The van der Waals surface area contributed by atoms with Crippen LogP contribution >= 0.6 is 11.8 Å². The molecule has 0 aromatic heterocycles. The minimum atomic E-state index is 0.401. The Hall–Kier alpha value is -0.630. The molecule has 1 nitrogen and oxygen atoms in total. The molecule has 1 atom stereocenters. The Kier molecular flexibility index (Phi) is 2.17. The van der Waals surface area contributed by atoms with E-state index in [1.165, 1.54) is 43.4 Å². The van der Waals surface area contributed by atoms with Gasteiger partial charge in [-0.1, -0.05) is 23.9 Å². The van der Waals surface area contributed by atoms with Crippen LogP contribution in [0.4, 0.5) is 0 Å². The first-order valence-corrected chi connectivity index (χ1v) is 8.61. The van der Waals surface area contributed by atoms with Gasteiger partial charge in [0.1, 0.15) is 5.75 Å². The van der Waals surface area contributed by atoms with Crippen molar-refractivity contribution in [2.24, 2.45) is 23.2 Å². The largest absolute Gasteiger partial charge is 0.478 e. The summed E-state index contributed by atoms with van der Waals surface area (Å²) in [4.78, 5) is 1.36. The van der Waals surface area contributed by atoms with Crippen molar-refractivity contribution in [3.05, 3.63) is 24.3 Å². The highest BCUT2D eigenvalue weighted by atomic mass is 32.2. The number of rotatable bonds is 1. The van der Waals surface area contributed by atoms with Crippen LogP contribution in [0.25, 0.3) is 0 Å². The molecule has 4 aliphatic carbocycles. The van der Waals surface area contributed by atoms with Gasteiger partial charge in [0.05, 0.1) is 4.90 Å². The van der Waals surface area contributed by atoms with E-state index in [1.807, 2.05) is 11.8 Å². The van der Waals surface area contributed by atoms with Crippen LogP contribution in [-0.2, 0) is 0 Å². The second kappa shape index (κ2) is 3.72. The molecule has 4 fully saturated rings. The molecule has 0 N–H and O–H groups in total. The fourth-order valence-corrected chi connectivity index (χ4v) is 6.93. The number of hydrogen-bond acceptors (Lipinski definition) is 2. The summed E-state index contributed by atoms with van der Waals surface area (Å²) >= 11 is 2.00. The number of fused-ring (bicyclic) bond motifs is 1. The van der Waals surface area contributed by atoms with E-state index >= 15 is 0 Å². The van der Waals surface area contributed by atoms with Gasteiger partial charge in [-0.05, 0) is 68.4 Å². The molecule has 4 bridgehead atoms. The van der Waals surface area contributed by atoms with Gasteiger partial charge in [0.15, 0.2) is 5.44 Å². The van der Waals surface area contributed by atoms with Gasteiger partial charge >= 0.3 is 0 Å². The SMILES string of the molecule is c1ccc2c(c1)OC(C13CC4CC(CC(C4)C1)C3)S2. The predicted molar refractivity (Wildman–Crippen MR) is 77.3 cm³/mol. The van der Waals surface area contributed by atoms with Crippen molar-refractivity contribution < 1.29 is 4.74 Å². The number of para-hydroxylation sites is 1. The molecule has 1 unspecified atom stereocenters. The fourth-order valence-electron chi connectivity index (χ4n) is 5.62. The lowest BCUT2D eigenvalue weighted by Gasteiger charge is -2.58. The van der Waals surface area contributed by atoms with E-state index in [4.69, 9.17) is 4.74 Å². The maximum atomic E-state index is 6.35. The van der Waals surface area contributed by atoms with Gasteiger partial charge < -0.3 is 4.74 Å². The number of ether oxygens (including phenoxy) is 1. The van der Waals surface area contributed by atoms with Crippen LogP contribution < -0.4 is 4.74 Å². The van der Waals surface area contributed by atoms with E-state index in [2.05, 4.69) is 24.3 Å². The van der Waals surface area contributed by atoms with Crippen molar-refractivity contribution in [1.82, 2.24) is 0 Å². The van der Waals surface area contributed by atoms with Crippen LogP contribution in [0.5, 0.6) is 5.75 Å². The zero-order valence-corrected chi connectivity index (χ0v) is 12.0. The summed E-state index contributed by atoms with van der Waals surface area (Å²) in [7, 11) is 0. The Morgan fingerprint density at radius 2 is 1.58 bits per heavy atom. The average molecular weight is 272 g/mol. The summed E-state index contributed by atoms with van der Waals surface area (Å²) < 4.78 is 6.35. The average Bonchev–Trinajstić information content (AvgIpc) is 2.81. The predicted octanol–water partition coefficient (Wildman–Crippen LogP) is 4.71. The van der Waals surface area contributed by atoms with E-state index in [9.17, 15) is 0 Å². The van der Waals surface area contributed by atoms with Crippen molar-refractivity contribution >= 4 is 11.8 Å². The summed E-state index contributed by atoms with van der Waals surface area (Å²) in [5.74, 6) is 4.17. The molecular formula is C17H20OS. The van der Waals surface area contributed by atoms with Crippen LogP contribution in [0.1, 0.15) is 38.5 Å². The van der Waals surface area contributed by atoms with E-state index in [0.29, 0.717) is 10.9 Å². The summed E-state index contributed by atoms with van der Waals surface area (Å²) in [5, 5.41) is 0. The molecule has 100 valence electrons. The van der Waals surface area contributed by atoms with Gasteiger partial charge in [-0.25, -0.2) is 0 Å². The first-order valence-electron chi connectivity index (χ1n) is 7.73. The molecule has 1 aromatic rings. The van der Waals surface area contributed by atoms with Gasteiger partial charge in [0.25, 0.3) is 0 Å². The highest BCUT2D eigenvalue weighted by molar-refractivity contribution is 8.00. The second-order valence-electron chi connectivity index (χ2n) is 7.29. The maximum Gasteiger partial charge on any atom is 0.154 e. The van der Waals surface area contributed by atoms with Gasteiger partial charge in [-0.15, -0.1) is 0 Å². The molecule has 5 aliphatic rings. The van der Waals surface area contributed by atoms with Gasteiger partial charge in [0, 0.05) is 5.41 Å². The van der Waals surface area contributed by atoms with Gasteiger partial charge in [-0.3, -0.25) is 0 Å². The highest BCUT2D eigenvalue weighted by Crippen LogP contribution is 2.65. The number of thioether (sulfide) groups is 1.